The summed E-state index contributed by atoms with van der Waals surface area (Å²) in [5.41, 5.74) is -6.87. The molecule has 0 heterocycles. The Kier molecular flexibility index (Phi) is 8.44. The van der Waals surface area contributed by atoms with Gasteiger partial charge in [-0.05, 0) is 11.6 Å². The summed E-state index contributed by atoms with van der Waals surface area (Å²) in [4.78, 5) is 0. The van der Waals surface area contributed by atoms with Crippen molar-refractivity contribution >= 4 is 24.3 Å². The zero-order valence-corrected chi connectivity index (χ0v) is 18.9. The van der Waals surface area contributed by atoms with Crippen molar-refractivity contribution < 1.29 is 74.6 Å². The average Bonchev–Trinajstić information content (AvgIpc) is 2.82. The Balaban J connectivity index is 2.86. The molecule has 2 rings (SSSR count). The van der Waals surface area contributed by atoms with Gasteiger partial charge in [-0.2, -0.15) is 65.9 Å². The summed E-state index contributed by atoms with van der Waals surface area (Å²) in [7, 11) is 0.454. The maximum Gasteiger partial charge on any atom is 0.460 e. The van der Waals surface area contributed by atoms with Crippen LogP contribution < -0.4 is 10.9 Å². The molecule has 0 bridgehead atoms. The van der Waals surface area contributed by atoms with Crippen molar-refractivity contribution in [2.24, 2.45) is 0 Å². The highest BCUT2D eigenvalue weighted by molar-refractivity contribution is 6.67. The minimum Gasteiger partial charge on any atom is -0.275 e. The van der Waals surface area contributed by atoms with E-state index < -0.39 is 70.8 Å². The van der Waals surface area contributed by atoms with E-state index >= 15 is 0 Å². The fourth-order valence-electron chi connectivity index (χ4n) is 3.10. The van der Waals surface area contributed by atoms with E-state index in [9.17, 15) is 74.6 Å². The summed E-state index contributed by atoms with van der Waals surface area (Å²) in [6, 6.07) is 2.61. The minimum absolute atomic E-state index is 0.239. The van der Waals surface area contributed by atoms with E-state index in [1.807, 2.05) is 0 Å². The quantitative estimate of drug-likeness (QED) is 0.193. The van der Waals surface area contributed by atoms with Crippen molar-refractivity contribution in [2.75, 3.05) is 0 Å². The van der Waals surface area contributed by atoms with E-state index in [1.165, 1.54) is 18.2 Å². The van der Waals surface area contributed by atoms with Gasteiger partial charge in [-0.3, -0.25) is 18.2 Å². The second-order valence-electron chi connectivity index (χ2n) is 8.15. The molecular formula is C22H11BF17-. The molecule has 0 N–H and O–H groups in total. The molecule has 222 valence electrons. The second kappa shape index (κ2) is 10.2. The normalized spacial score (nSPS) is 14.6. The Bertz CT molecular complexity index is 1210. The van der Waals surface area contributed by atoms with Gasteiger partial charge in [0, 0.05) is 11.1 Å². The molecule has 0 aromatic heterocycles. The molecule has 0 spiro atoms. The van der Waals surface area contributed by atoms with E-state index in [4.69, 9.17) is 0 Å². The van der Waals surface area contributed by atoms with Crippen LogP contribution in [0.4, 0.5) is 74.6 Å². The summed E-state index contributed by atoms with van der Waals surface area (Å²) >= 11 is 0. The standard InChI is InChI=1S/C22H11BF17/c1-2-10-3-5-13(6-4-10)23-14-8-11(16(26,27)19(32,33)18(30,31)15(24)25)7-12(9-14)17(28,29)20(34,35)21(36,37)22(38,39)40/h2-9,15H,1H2/q-1. The maximum atomic E-state index is 14.5. The van der Waals surface area contributed by atoms with Crippen LogP contribution in [0.1, 0.15) is 16.7 Å². The second-order valence-corrected chi connectivity index (χ2v) is 8.15. The van der Waals surface area contributed by atoms with E-state index in [0.717, 1.165) is 12.1 Å². The Hall–Kier alpha value is -2.95. The first-order chi connectivity index (χ1) is 17.8. The van der Waals surface area contributed by atoms with Gasteiger partial charge in [0.1, 0.15) is 0 Å². The van der Waals surface area contributed by atoms with Gasteiger partial charge in [-0.15, -0.1) is 12.1 Å². The van der Waals surface area contributed by atoms with Crippen LogP contribution in [0.15, 0.2) is 49.0 Å². The van der Waals surface area contributed by atoms with Crippen LogP contribution >= 0.6 is 0 Å². The van der Waals surface area contributed by atoms with E-state index in [1.54, 1.807) is 0 Å². The Morgan fingerprint density at radius 2 is 1.00 bits per heavy atom. The number of hydrogen-bond donors (Lipinski definition) is 0. The molecule has 0 nitrogen and oxygen atoms in total. The highest BCUT2D eigenvalue weighted by Gasteiger charge is 2.82. The lowest BCUT2D eigenvalue weighted by molar-refractivity contribution is -0.399. The Morgan fingerprint density at radius 3 is 1.38 bits per heavy atom. The summed E-state index contributed by atoms with van der Waals surface area (Å²) in [6.07, 6.45) is -11.6. The molecular weight excluding hydrogens is 598 g/mol. The molecule has 0 unspecified atom stereocenters. The first-order valence-corrected chi connectivity index (χ1v) is 10.1. The van der Waals surface area contributed by atoms with Crippen molar-refractivity contribution in [1.29, 1.82) is 0 Å². The van der Waals surface area contributed by atoms with Gasteiger partial charge in [-0.25, -0.2) is 8.78 Å². The summed E-state index contributed by atoms with van der Waals surface area (Å²) < 4.78 is 230. The van der Waals surface area contributed by atoms with Gasteiger partial charge in [-0.1, -0.05) is 36.9 Å². The van der Waals surface area contributed by atoms with Crippen molar-refractivity contribution in [2.45, 2.75) is 48.1 Å². The number of alkyl halides is 17. The number of rotatable bonds is 10. The molecule has 0 aliphatic carbocycles. The zero-order chi connectivity index (χ0) is 31.3. The average molecular weight is 609 g/mol. The van der Waals surface area contributed by atoms with Gasteiger partial charge < -0.3 is 0 Å². The number of benzene rings is 2. The van der Waals surface area contributed by atoms with Gasteiger partial charge in [0.25, 0.3) is 0 Å². The summed E-state index contributed by atoms with van der Waals surface area (Å²) in [6.45, 7) is 3.36. The third-order valence-corrected chi connectivity index (χ3v) is 5.42. The van der Waals surface area contributed by atoms with Crippen molar-refractivity contribution in [1.82, 2.24) is 0 Å². The van der Waals surface area contributed by atoms with Crippen LogP contribution in [-0.4, -0.2) is 43.6 Å². The van der Waals surface area contributed by atoms with Crippen LogP contribution in [0.5, 0.6) is 0 Å². The first kappa shape index (κ1) is 33.3. The summed E-state index contributed by atoms with van der Waals surface area (Å²) in [5.74, 6) is -42.4. The maximum absolute atomic E-state index is 14.5. The van der Waals surface area contributed by atoms with Crippen molar-refractivity contribution in [3.05, 3.63) is 65.7 Å². The van der Waals surface area contributed by atoms with Gasteiger partial charge in [0.05, 0.1) is 0 Å². The highest BCUT2D eigenvalue weighted by atomic mass is 19.4. The van der Waals surface area contributed by atoms with Crippen molar-refractivity contribution in [3.63, 3.8) is 0 Å². The van der Waals surface area contributed by atoms with Gasteiger partial charge in [0.15, 0.2) is 0 Å². The number of hydrogen-bond acceptors (Lipinski definition) is 0. The largest absolute Gasteiger partial charge is 0.460 e. The Labute approximate surface area is 213 Å². The SMILES string of the molecule is C=Cc1ccc([B-]c2cc(C(F)(F)C(F)(F)C(F)(F)C(F)F)cc(C(F)(F)C(F)(F)C(F)(F)C(F)(F)F)c2)cc1. The monoisotopic (exact) mass is 609 g/mol. The molecule has 0 aliphatic rings. The topological polar surface area (TPSA) is 0 Å². The minimum atomic E-state index is -7.54. The fourth-order valence-corrected chi connectivity index (χ4v) is 3.10. The summed E-state index contributed by atoms with van der Waals surface area (Å²) in [5, 5.41) is 0. The Morgan fingerprint density at radius 1 is 0.575 bits per heavy atom. The molecule has 2 radical (unpaired) electrons. The van der Waals surface area contributed by atoms with Crippen LogP contribution in [0.25, 0.3) is 6.08 Å². The molecule has 2 aromatic rings. The van der Waals surface area contributed by atoms with Crippen LogP contribution in [-0.2, 0) is 11.8 Å². The molecule has 0 saturated heterocycles. The molecule has 0 fully saturated rings. The predicted molar refractivity (Wildman–Crippen MR) is 108 cm³/mol. The highest BCUT2D eigenvalue weighted by Crippen LogP contribution is 2.58. The first-order valence-electron chi connectivity index (χ1n) is 10.1. The molecule has 40 heavy (non-hydrogen) atoms. The smallest absolute Gasteiger partial charge is 0.275 e. The number of halogens is 17. The fraction of sp³-hybridized carbons (Fsp3) is 0.364. The molecule has 0 aliphatic heterocycles. The lowest BCUT2D eigenvalue weighted by atomic mass is 9.63. The predicted octanol–water partition coefficient (Wildman–Crippen LogP) is 7.54. The van der Waals surface area contributed by atoms with E-state index in [2.05, 4.69) is 6.58 Å². The van der Waals surface area contributed by atoms with Gasteiger partial charge in [0.2, 0.25) is 0 Å². The van der Waals surface area contributed by atoms with E-state index in [0.29, 0.717) is 12.8 Å². The molecule has 0 saturated carbocycles. The van der Waals surface area contributed by atoms with Crippen LogP contribution in [0.2, 0.25) is 0 Å². The lowest BCUT2D eigenvalue weighted by Crippen LogP contribution is -2.60. The van der Waals surface area contributed by atoms with E-state index in [-0.39, 0.29) is 17.6 Å². The zero-order valence-electron chi connectivity index (χ0n) is 18.9. The van der Waals surface area contributed by atoms with Crippen LogP contribution in [0.3, 0.4) is 0 Å². The molecule has 0 amide bonds. The van der Waals surface area contributed by atoms with Gasteiger partial charge >= 0.3 is 48.1 Å². The third-order valence-electron chi connectivity index (χ3n) is 5.42. The van der Waals surface area contributed by atoms with Crippen molar-refractivity contribution in [3.8, 4) is 0 Å². The van der Waals surface area contributed by atoms with Crippen LogP contribution in [0, 0.1) is 0 Å². The molecule has 18 heteroatoms. The molecule has 2 aromatic carbocycles. The third kappa shape index (κ3) is 5.24. The molecule has 0 atom stereocenters. The lowest BCUT2D eigenvalue weighted by Gasteiger charge is -2.36.